The van der Waals surface area contributed by atoms with Gasteiger partial charge in [-0.3, -0.25) is 4.79 Å². The fourth-order valence-electron chi connectivity index (χ4n) is 2.56. The first kappa shape index (κ1) is 21.0. The lowest BCUT2D eigenvalue weighted by Gasteiger charge is -2.20. The number of rotatable bonds is 6. The van der Waals surface area contributed by atoms with E-state index in [4.69, 9.17) is 0 Å². The molecule has 2 aromatic rings. The zero-order chi connectivity index (χ0) is 20.4. The van der Waals surface area contributed by atoms with E-state index in [-0.39, 0.29) is 10.5 Å². The Labute approximate surface area is 158 Å². The second-order valence-corrected chi connectivity index (χ2v) is 8.51. The van der Waals surface area contributed by atoms with E-state index >= 15 is 0 Å². The van der Waals surface area contributed by atoms with Gasteiger partial charge in [0.1, 0.15) is 11.6 Å². The Morgan fingerprint density at radius 2 is 1.78 bits per heavy atom. The number of sulfonamides is 1. The van der Waals surface area contributed by atoms with Gasteiger partial charge >= 0.3 is 0 Å². The van der Waals surface area contributed by atoms with Crippen molar-refractivity contribution in [2.45, 2.75) is 31.7 Å². The summed E-state index contributed by atoms with van der Waals surface area (Å²) < 4.78 is 53.0. The third-order valence-electron chi connectivity index (χ3n) is 4.36. The van der Waals surface area contributed by atoms with Crippen molar-refractivity contribution >= 4 is 15.9 Å². The van der Waals surface area contributed by atoms with Crippen LogP contribution in [0.4, 0.5) is 8.78 Å². The molecule has 0 saturated carbocycles. The highest BCUT2D eigenvalue weighted by Gasteiger charge is 2.24. The molecule has 0 aliphatic carbocycles. The van der Waals surface area contributed by atoms with Crippen LogP contribution in [-0.2, 0) is 14.8 Å². The van der Waals surface area contributed by atoms with Crippen LogP contribution < -0.4 is 5.32 Å². The van der Waals surface area contributed by atoms with Gasteiger partial charge in [-0.2, -0.15) is 4.31 Å². The van der Waals surface area contributed by atoms with Crippen LogP contribution in [0.2, 0.25) is 0 Å². The number of hydrogen-bond donors (Lipinski definition) is 1. The van der Waals surface area contributed by atoms with Crippen LogP contribution in [0.5, 0.6) is 0 Å². The van der Waals surface area contributed by atoms with E-state index in [2.05, 4.69) is 5.32 Å². The van der Waals surface area contributed by atoms with Crippen molar-refractivity contribution in [1.82, 2.24) is 9.62 Å². The summed E-state index contributed by atoms with van der Waals surface area (Å²) in [6.07, 6.45) is 0. The number of carbonyl (C=O) groups is 1. The fraction of sp³-hybridized carbons (Fsp3) is 0.316. The number of carbonyl (C=O) groups excluding carboxylic acids is 1. The molecule has 0 radical (unpaired) electrons. The molecule has 1 amide bonds. The van der Waals surface area contributed by atoms with Crippen molar-refractivity contribution in [3.63, 3.8) is 0 Å². The number of hydrogen-bond acceptors (Lipinski definition) is 3. The lowest BCUT2D eigenvalue weighted by molar-refractivity contribution is -0.121. The third-order valence-corrected chi connectivity index (χ3v) is 6.16. The number of nitrogens with one attached hydrogen (secondary N) is 1. The van der Waals surface area contributed by atoms with Gasteiger partial charge in [0.15, 0.2) is 0 Å². The summed E-state index contributed by atoms with van der Waals surface area (Å²) in [6, 6.07) is 7.07. The predicted octanol–water partition coefficient (Wildman–Crippen LogP) is 3.08. The summed E-state index contributed by atoms with van der Waals surface area (Å²) in [6.45, 7) is 4.79. The molecule has 0 heterocycles. The Morgan fingerprint density at radius 1 is 1.11 bits per heavy atom. The number of aryl methyl sites for hydroxylation is 2. The summed E-state index contributed by atoms with van der Waals surface area (Å²) in [4.78, 5) is 12.3. The van der Waals surface area contributed by atoms with Crippen molar-refractivity contribution in [3.8, 4) is 0 Å². The Bertz CT molecular complexity index is 961. The molecule has 2 aromatic carbocycles. The SMILES string of the molecule is Cc1ccc(S(=O)(=O)N(C)CC(=O)NC(C)c2ccc(F)cc2F)cc1C. The minimum absolute atomic E-state index is 0.0959. The van der Waals surface area contributed by atoms with Gasteiger partial charge in [0.05, 0.1) is 17.5 Å². The molecule has 27 heavy (non-hydrogen) atoms. The minimum Gasteiger partial charge on any atom is -0.348 e. The molecule has 1 unspecified atom stereocenters. The van der Waals surface area contributed by atoms with Gasteiger partial charge in [-0.25, -0.2) is 17.2 Å². The molecular weight excluding hydrogens is 374 g/mol. The van der Waals surface area contributed by atoms with Crippen molar-refractivity contribution < 1.29 is 22.0 Å². The highest BCUT2D eigenvalue weighted by atomic mass is 32.2. The average Bonchev–Trinajstić information content (AvgIpc) is 2.56. The molecule has 0 bridgehead atoms. The van der Waals surface area contributed by atoms with Crippen molar-refractivity contribution in [3.05, 3.63) is 64.7 Å². The van der Waals surface area contributed by atoms with Crippen LogP contribution in [0.15, 0.2) is 41.3 Å². The molecule has 0 aliphatic heterocycles. The number of halogens is 2. The van der Waals surface area contributed by atoms with Crippen LogP contribution in [0.25, 0.3) is 0 Å². The molecule has 0 aliphatic rings. The van der Waals surface area contributed by atoms with Gasteiger partial charge in [0.25, 0.3) is 0 Å². The van der Waals surface area contributed by atoms with Gasteiger partial charge in [0.2, 0.25) is 15.9 Å². The van der Waals surface area contributed by atoms with E-state index in [0.29, 0.717) is 0 Å². The van der Waals surface area contributed by atoms with Crippen molar-refractivity contribution in [2.24, 2.45) is 0 Å². The van der Waals surface area contributed by atoms with Gasteiger partial charge in [-0.05, 0) is 50.1 Å². The Balaban J connectivity index is 2.08. The molecule has 5 nitrogen and oxygen atoms in total. The van der Waals surface area contributed by atoms with Crippen LogP contribution >= 0.6 is 0 Å². The summed E-state index contributed by atoms with van der Waals surface area (Å²) >= 11 is 0. The zero-order valence-corrected chi connectivity index (χ0v) is 16.4. The summed E-state index contributed by atoms with van der Waals surface area (Å²) in [5.41, 5.74) is 1.91. The molecule has 0 spiro atoms. The smallest absolute Gasteiger partial charge is 0.243 e. The predicted molar refractivity (Wildman–Crippen MR) is 98.6 cm³/mol. The molecule has 0 saturated heterocycles. The van der Waals surface area contributed by atoms with Crippen molar-refractivity contribution in [1.29, 1.82) is 0 Å². The number of likely N-dealkylation sites (N-methyl/N-ethyl adjacent to an activating group) is 1. The highest BCUT2D eigenvalue weighted by Crippen LogP contribution is 2.19. The van der Waals surface area contributed by atoms with E-state index in [1.54, 1.807) is 19.1 Å². The van der Waals surface area contributed by atoms with Gasteiger partial charge < -0.3 is 5.32 Å². The van der Waals surface area contributed by atoms with E-state index in [1.165, 1.54) is 26.1 Å². The van der Waals surface area contributed by atoms with E-state index < -0.39 is 40.2 Å². The minimum atomic E-state index is -3.84. The summed E-state index contributed by atoms with van der Waals surface area (Å²) in [5, 5.41) is 2.52. The molecular formula is C19H22F2N2O3S. The van der Waals surface area contributed by atoms with Gasteiger partial charge in [0, 0.05) is 18.7 Å². The maximum Gasteiger partial charge on any atom is 0.243 e. The van der Waals surface area contributed by atoms with Gasteiger partial charge in [-0.15, -0.1) is 0 Å². The van der Waals surface area contributed by atoms with Gasteiger partial charge in [-0.1, -0.05) is 12.1 Å². The number of benzene rings is 2. The van der Waals surface area contributed by atoms with Crippen LogP contribution in [0.3, 0.4) is 0 Å². The quantitative estimate of drug-likeness (QED) is 0.816. The second-order valence-electron chi connectivity index (χ2n) is 6.46. The lowest BCUT2D eigenvalue weighted by atomic mass is 10.1. The molecule has 1 N–H and O–H groups in total. The Hall–Kier alpha value is -2.32. The first-order chi connectivity index (χ1) is 12.5. The lowest BCUT2D eigenvalue weighted by Crippen LogP contribution is -2.39. The third kappa shape index (κ3) is 4.90. The Morgan fingerprint density at radius 3 is 2.37 bits per heavy atom. The Kier molecular flexibility index (Phi) is 6.33. The van der Waals surface area contributed by atoms with Crippen LogP contribution in [0.1, 0.15) is 29.7 Å². The molecule has 2 rings (SSSR count). The maximum atomic E-state index is 13.8. The standard InChI is InChI=1S/C19H22F2N2O3S/c1-12-5-7-16(9-13(12)2)27(25,26)23(4)11-19(24)22-14(3)17-8-6-15(20)10-18(17)21/h5-10,14H,11H2,1-4H3,(H,22,24). The van der Waals surface area contributed by atoms with Crippen LogP contribution in [-0.4, -0.2) is 32.2 Å². The fourth-order valence-corrected chi connectivity index (χ4v) is 3.77. The second kappa shape index (κ2) is 8.14. The van der Waals surface area contributed by atoms with E-state index in [9.17, 15) is 22.0 Å². The molecule has 0 fully saturated rings. The first-order valence-corrected chi connectivity index (χ1v) is 9.74. The van der Waals surface area contributed by atoms with Crippen molar-refractivity contribution in [2.75, 3.05) is 13.6 Å². The molecule has 146 valence electrons. The topological polar surface area (TPSA) is 66.5 Å². The zero-order valence-electron chi connectivity index (χ0n) is 15.6. The molecule has 0 aromatic heterocycles. The maximum absolute atomic E-state index is 13.8. The number of nitrogens with zero attached hydrogens (tertiary/aromatic N) is 1. The normalized spacial score (nSPS) is 12.9. The van der Waals surface area contributed by atoms with Crippen LogP contribution in [0, 0.1) is 25.5 Å². The number of amides is 1. The molecule has 1 atom stereocenters. The summed E-state index contributed by atoms with van der Waals surface area (Å²) in [7, 11) is -2.54. The molecule has 8 heteroatoms. The first-order valence-electron chi connectivity index (χ1n) is 8.30. The largest absolute Gasteiger partial charge is 0.348 e. The average molecular weight is 396 g/mol. The monoisotopic (exact) mass is 396 g/mol. The summed E-state index contributed by atoms with van der Waals surface area (Å²) in [5.74, 6) is -2.09. The van der Waals surface area contributed by atoms with E-state index in [0.717, 1.165) is 27.6 Å². The highest BCUT2D eigenvalue weighted by molar-refractivity contribution is 7.89. The van der Waals surface area contributed by atoms with E-state index in [1.807, 2.05) is 6.92 Å².